The van der Waals surface area contributed by atoms with E-state index in [1.807, 2.05) is 19.9 Å². The Hall–Kier alpha value is -2.82. The van der Waals surface area contributed by atoms with Gasteiger partial charge in [-0.3, -0.25) is 9.59 Å². The van der Waals surface area contributed by atoms with E-state index in [4.69, 9.17) is 4.42 Å². The zero-order chi connectivity index (χ0) is 18.1. The van der Waals surface area contributed by atoms with Crippen LogP contribution in [0.2, 0.25) is 0 Å². The first-order chi connectivity index (χ1) is 11.9. The third-order valence-electron chi connectivity index (χ3n) is 4.70. The van der Waals surface area contributed by atoms with E-state index in [1.165, 1.54) is 5.56 Å². The third kappa shape index (κ3) is 3.36. The van der Waals surface area contributed by atoms with Crippen molar-refractivity contribution < 1.29 is 9.21 Å². The second-order valence-electron chi connectivity index (χ2n) is 6.55. The predicted octanol–water partition coefficient (Wildman–Crippen LogP) is 3.21. The van der Waals surface area contributed by atoms with Crippen LogP contribution < -0.4 is 10.7 Å². The molecular formula is C20H22N2O3. The molecule has 0 aliphatic carbocycles. The van der Waals surface area contributed by atoms with E-state index < -0.39 is 0 Å². The number of furan rings is 1. The minimum Gasteiger partial charge on any atom is -0.464 e. The average Bonchev–Trinajstić information content (AvgIpc) is 2.94. The Kier molecular flexibility index (Phi) is 4.49. The predicted molar refractivity (Wildman–Crippen MR) is 97.8 cm³/mol. The topological polar surface area (TPSA) is 75.1 Å². The fourth-order valence-corrected chi connectivity index (χ4v) is 2.88. The van der Waals surface area contributed by atoms with Crippen LogP contribution >= 0.6 is 0 Å². The van der Waals surface area contributed by atoms with Gasteiger partial charge in [0.2, 0.25) is 5.91 Å². The Bertz CT molecular complexity index is 1010. The summed E-state index contributed by atoms with van der Waals surface area (Å²) >= 11 is 0. The summed E-state index contributed by atoms with van der Waals surface area (Å²) in [5.41, 5.74) is 6.04. The van der Waals surface area contributed by atoms with Crippen molar-refractivity contribution in [3.63, 3.8) is 0 Å². The number of carbonyl (C=O) groups excluding carboxylic acids is 1. The van der Waals surface area contributed by atoms with Crippen LogP contribution in [0.4, 0.5) is 0 Å². The standard InChI is InChI=1S/C20H22N2O3/c1-11-5-16-15(10-25-18(16)6-12(11)2)7-19(23)22-9-17-14(4)20(24)13(3)8-21-17/h5-6,8,10H,7,9H2,1-4H3,(H,21,24)(H,22,23). The van der Waals surface area contributed by atoms with E-state index in [9.17, 15) is 9.59 Å². The average molecular weight is 338 g/mol. The van der Waals surface area contributed by atoms with Gasteiger partial charge in [0.15, 0.2) is 5.43 Å². The number of rotatable bonds is 4. The summed E-state index contributed by atoms with van der Waals surface area (Å²) in [6, 6.07) is 4.05. The van der Waals surface area contributed by atoms with Gasteiger partial charge in [0.1, 0.15) is 5.58 Å². The van der Waals surface area contributed by atoms with Crippen LogP contribution in [0.1, 0.15) is 33.5 Å². The minimum absolute atomic E-state index is 0.00896. The number of benzene rings is 1. The van der Waals surface area contributed by atoms with Crippen LogP contribution in [0.3, 0.4) is 0 Å². The molecule has 3 rings (SSSR count). The molecule has 0 unspecified atom stereocenters. The lowest BCUT2D eigenvalue weighted by Crippen LogP contribution is -2.27. The van der Waals surface area contributed by atoms with Crippen LogP contribution in [-0.4, -0.2) is 10.9 Å². The molecule has 1 amide bonds. The first-order valence-corrected chi connectivity index (χ1v) is 8.28. The van der Waals surface area contributed by atoms with Gasteiger partial charge < -0.3 is 14.7 Å². The molecule has 130 valence electrons. The fraction of sp³-hybridized carbons (Fsp3) is 0.300. The molecule has 0 atom stereocenters. The molecule has 0 aliphatic heterocycles. The van der Waals surface area contributed by atoms with E-state index in [2.05, 4.69) is 16.4 Å². The highest BCUT2D eigenvalue weighted by molar-refractivity contribution is 5.88. The van der Waals surface area contributed by atoms with Gasteiger partial charge in [-0.1, -0.05) is 0 Å². The lowest BCUT2D eigenvalue weighted by Gasteiger charge is -2.08. The summed E-state index contributed by atoms with van der Waals surface area (Å²) in [5.74, 6) is -0.109. The molecule has 0 saturated heterocycles. The number of amides is 1. The highest BCUT2D eigenvalue weighted by atomic mass is 16.3. The Labute approximate surface area is 146 Å². The molecule has 0 aliphatic rings. The number of fused-ring (bicyclic) bond motifs is 1. The number of aromatic nitrogens is 1. The van der Waals surface area contributed by atoms with Crippen molar-refractivity contribution in [2.24, 2.45) is 0 Å². The Morgan fingerprint density at radius 2 is 1.84 bits per heavy atom. The van der Waals surface area contributed by atoms with Crippen molar-refractivity contribution in [2.75, 3.05) is 0 Å². The van der Waals surface area contributed by atoms with Crippen molar-refractivity contribution in [2.45, 2.75) is 40.7 Å². The Balaban J connectivity index is 1.72. The molecule has 3 aromatic rings. The number of nitrogens with one attached hydrogen (secondary N) is 2. The van der Waals surface area contributed by atoms with E-state index in [0.29, 0.717) is 17.7 Å². The molecule has 2 N–H and O–H groups in total. The number of pyridine rings is 1. The molecule has 25 heavy (non-hydrogen) atoms. The molecule has 2 aromatic heterocycles. The Morgan fingerprint density at radius 3 is 2.60 bits per heavy atom. The molecule has 5 nitrogen and oxygen atoms in total. The molecule has 0 spiro atoms. The lowest BCUT2D eigenvalue weighted by atomic mass is 10.0. The molecular weight excluding hydrogens is 316 g/mol. The van der Waals surface area contributed by atoms with Crippen molar-refractivity contribution in [1.29, 1.82) is 0 Å². The van der Waals surface area contributed by atoms with Crippen molar-refractivity contribution in [3.8, 4) is 0 Å². The molecule has 0 fully saturated rings. The monoisotopic (exact) mass is 338 g/mol. The highest BCUT2D eigenvalue weighted by Crippen LogP contribution is 2.25. The van der Waals surface area contributed by atoms with Crippen LogP contribution in [0.25, 0.3) is 11.0 Å². The summed E-state index contributed by atoms with van der Waals surface area (Å²) in [7, 11) is 0. The number of H-pyrrole nitrogens is 1. The van der Waals surface area contributed by atoms with E-state index in [1.54, 1.807) is 26.3 Å². The first-order valence-electron chi connectivity index (χ1n) is 8.28. The van der Waals surface area contributed by atoms with Gasteiger partial charge in [-0.15, -0.1) is 0 Å². The smallest absolute Gasteiger partial charge is 0.224 e. The van der Waals surface area contributed by atoms with Crippen molar-refractivity contribution in [1.82, 2.24) is 10.3 Å². The van der Waals surface area contributed by atoms with Crippen LogP contribution in [0.5, 0.6) is 0 Å². The van der Waals surface area contributed by atoms with Gasteiger partial charge in [0.25, 0.3) is 0 Å². The number of carbonyl (C=O) groups is 1. The van der Waals surface area contributed by atoms with Gasteiger partial charge in [0.05, 0.1) is 19.2 Å². The fourth-order valence-electron chi connectivity index (χ4n) is 2.88. The zero-order valence-corrected chi connectivity index (χ0v) is 14.9. The largest absolute Gasteiger partial charge is 0.464 e. The van der Waals surface area contributed by atoms with E-state index >= 15 is 0 Å². The lowest BCUT2D eigenvalue weighted by molar-refractivity contribution is -0.120. The van der Waals surface area contributed by atoms with Gasteiger partial charge in [-0.2, -0.15) is 0 Å². The second-order valence-corrected chi connectivity index (χ2v) is 6.55. The summed E-state index contributed by atoms with van der Waals surface area (Å²) in [6.45, 7) is 7.91. The van der Waals surface area contributed by atoms with E-state index in [-0.39, 0.29) is 17.8 Å². The molecule has 0 saturated carbocycles. The van der Waals surface area contributed by atoms with Crippen LogP contribution in [0, 0.1) is 27.7 Å². The maximum atomic E-state index is 12.3. The number of hydrogen-bond acceptors (Lipinski definition) is 3. The second kappa shape index (κ2) is 6.59. The van der Waals surface area contributed by atoms with Crippen LogP contribution in [0.15, 0.2) is 33.8 Å². The molecule has 0 radical (unpaired) electrons. The maximum Gasteiger partial charge on any atom is 0.224 e. The first kappa shape index (κ1) is 17.0. The zero-order valence-electron chi connectivity index (χ0n) is 14.9. The van der Waals surface area contributed by atoms with Crippen molar-refractivity contribution in [3.05, 3.63) is 68.3 Å². The van der Waals surface area contributed by atoms with E-state index in [0.717, 1.165) is 27.8 Å². The van der Waals surface area contributed by atoms with Gasteiger partial charge in [0, 0.05) is 34.0 Å². The number of hydrogen-bond donors (Lipinski definition) is 2. The normalized spacial score (nSPS) is 11.0. The molecule has 5 heteroatoms. The van der Waals surface area contributed by atoms with Gasteiger partial charge in [-0.25, -0.2) is 0 Å². The Morgan fingerprint density at radius 1 is 1.12 bits per heavy atom. The van der Waals surface area contributed by atoms with Gasteiger partial charge >= 0.3 is 0 Å². The molecule has 1 aromatic carbocycles. The third-order valence-corrected chi connectivity index (χ3v) is 4.70. The summed E-state index contributed by atoms with van der Waals surface area (Å²) in [5, 5.41) is 3.84. The molecule has 2 heterocycles. The van der Waals surface area contributed by atoms with Crippen LogP contribution in [-0.2, 0) is 17.8 Å². The number of aromatic amines is 1. The quantitative estimate of drug-likeness (QED) is 0.767. The minimum atomic E-state index is -0.109. The number of aryl methyl sites for hydroxylation is 3. The van der Waals surface area contributed by atoms with Gasteiger partial charge in [-0.05, 0) is 51.0 Å². The molecule has 0 bridgehead atoms. The summed E-state index contributed by atoms with van der Waals surface area (Å²) in [6.07, 6.45) is 3.55. The SMILES string of the molecule is Cc1cc2occ(CC(=O)NCc3[nH]cc(C)c(=O)c3C)c2cc1C. The maximum absolute atomic E-state index is 12.3. The summed E-state index contributed by atoms with van der Waals surface area (Å²) < 4.78 is 5.57. The summed E-state index contributed by atoms with van der Waals surface area (Å²) in [4.78, 5) is 27.3. The van der Waals surface area contributed by atoms with Crippen molar-refractivity contribution >= 4 is 16.9 Å². The highest BCUT2D eigenvalue weighted by Gasteiger charge is 2.12.